The molecule has 1 aromatic carbocycles. The Morgan fingerprint density at radius 1 is 1.10 bits per heavy atom. The number of rotatable bonds is 9. The molecule has 8 nitrogen and oxygen atoms in total. The van der Waals surface area contributed by atoms with Gasteiger partial charge in [-0.25, -0.2) is 18.1 Å². The van der Waals surface area contributed by atoms with Gasteiger partial charge >= 0.3 is 0 Å². The number of imidazole rings is 1. The van der Waals surface area contributed by atoms with Crippen LogP contribution in [0.4, 0.5) is 0 Å². The van der Waals surface area contributed by atoms with Gasteiger partial charge in [0, 0.05) is 36.7 Å². The first kappa shape index (κ1) is 21.2. The van der Waals surface area contributed by atoms with Gasteiger partial charge in [0.15, 0.2) is 0 Å². The molecule has 3 heterocycles. The topological polar surface area (TPSA) is 94.2 Å². The number of hydrogen-bond acceptors (Lipinski definition) is 5. The van der Waals surface area contributed by atoms with E-state index in [0.29, 0.717) is 23.4 Å². The van der Waals surface area contributed by atoms with Gasteiger partial charge in [0.05, 0.1) is 4.90 Å². The molecule has 0 radical (unpaired) electrons. The van der Waals surface area contributed by atoms with Crippen molar-refractivity contribution in [1.82, 2.24) is 28.9 Å². The van der Waals surface area contributed by atoms with Crippen LogP contribution in [-0.2, 0) is 16.6 Å². The van der Waals surface area contributed by atoms with E-state index in [2.05, 4.69) is 26.8 Å². The number of pyridine rings is 1. The second-order valence-electron chi connectivity index (χ2n) is 7.66. The number of hydrogen-bond donors (Lipinski definition) is 1. The van der Waals surface area contributed by atoms with E-state index < -0.39 is 10.0 Å². The van der Waals surface area contributed by atoms with Crippen molar-refractivity contribution in [2.75, 3.05) is 0 Å². The van der Waals surface area contributed by atoms with Gasteiger partial charge in [0.2, 0.25) is 10.0 Å². The largest absolute Gasteiger partial charge is 0.320 e. The molecule has 162 valence electrons. The maximum Gasteiger partial charge on any atom is 0.241 e. The van der Waals surface area contributed by atoms with Gasteiger partial charge in [-0.2, -0.15) is 0 Å². The first-order chi connectivity index (χ1) is 15.0. The molecule has 0 saturated carbocycles. The van der Waals surface area contributed by atoms with E-state index in [9.17, 15) is 8.42 Å². The van der Waals surface area contributed by atoms with Crippen LogP contribution >= 0.6 is 0 Å². The fraction of sp³-hybridized carbons (Fsp3) is 0.318. The summed E-state index contributed by atoms with van der Waals surface area (Å²) in [5.41, 5.74) is 3.44. The molecule has 0 aliphatic carbocycles. The predicted molar refractivity (Wildman–Crippen MR) is 119 cm³/mol. The third kappa shape index (κ3) is 4.67. The van der Waals surface area contributed by atoms with Gasteiger partial charge in [-0.3, -0.25) is 0 Å². The molecule has 0 saturated heterocycles. The van der Waals surface area contributed by atoms with Crippen LogP contribution in [0.5, 0.6) is 0 Å². The van der Waals surface area contributed by atoms with Crippen molar-refractivity contribution in [2.45, 2.75) is 50.6 Å². The summed E-state index contributed by atoms with van der Waals surface area (Å²) < 4.78 is 33.0. The molecule has 3 aromatic heterocycles. The second kappa shape index (κ2) is 8.99. The van der Waals surface area contributed by atoms with Crippen molar-refractivity contribution >= 4 is 15.7 Å². The molecule has 0 bridgehead atoms. The fourth-order valence-electron chi connectivity index (χ4n) is 3.83. The molecule has 1 N–H and O–H groups in total. The SMILES string of the molecule is CCC[C@@H](CCn1cnnc1)NS(=O)(=O)c1ccc(-c2cccn3ccnc23)cc1C. The lowest BCUT2D eigenvalue weighted by Gasteiger charge is -2.19. The van der Waals surface area contributed by atoms with Crippen LogP contribution in [-0.4, -0.2) is 38.6 Å². The van der Waals surface area contributed by atoms with E-state index in [1.165, 1.54) is 0 Å². The van der Waals surface area contributed by atoms with Gasteiger partial charge in [-0.15, -0.1) is 10.2 Å². The summed E-state index contributed by atoms with van der Waals surface area (Å²) >= 11 is 0. The molecule has 1 atom stereocenters. The number of sulfonamides is 1. The van der Waals surface area contributed by atoms with E-state index >= 15 is 0 Å². The number of aromatic nitrogens is 5. The number of aryl methyl sites for hydroxylation is 2. The van der Waals surface area contributed by atoms with Crippen LogP contribution < -0.4 is 4.72 Å². The Morgan fingerprint density at radius 3 is 2.65 bits per heavy atom. The van der Waals surface area contributed by atoms with E-state index in [1.807, 2.05) is 52.6 Å². The highest BCUT2D eigenvalue weighted by molar-refractivity contribution is 7.89. The molecule has 9 heteroatoms. The Kier molecular flexibility index (Phi) is 6.15. The highest BCUT2D eigenvalue weighted by Gasteiger charge is 2.22. The fourth-order valence-corrected chi connectivity index (χ4v) is 5.36. The predicted octanol–water partition coefficient (Wildman–Crippen LogP) is 3.44. The minimum absolute atomic E-state index is 0.157. The zero-order valence-corrected chi connectivity index (χ0v) is 18.5. The third-order valence-corrected chi connectivity index (χ3v) is 7.04. The Labute approximate surface area is 182 Å². The van der Waals surface area contributed by atoms with Gasteiger partial charge < -0.3 is 8.97 Å². The number of nitrogens with one attached hydrogen (secondary N) is 1. The Bertz CT molecular complexity index is 1260. The lowest BCUT2D eigenvalue weighted by Crippen LogP contribution is -2.35. The standard InChI is InChI=1S/C22H26N6O2S/c1-3-5-19(9-12-27-15-24-25-16-27)26-31(29,30)21-8-7-18(14-17(21)2)20-6-4-11-28-13-10-23-22(20)28/h4,6-8,10-11,13-16,19,26H,3,5,9,12H2,1-2H3/t19-/m0/s1. The molecule has 0 unspecified atom stereocenters. The average molecular weight is 439 g/mol. The maximum atomic E-state index is 13.2. The van der Waals surface area contributed by atoms with E-state index in [0.717, 1.165) is 29.6 Å². The Morgan fingerprint density at radius 2 is 1.90 bits per heavy atom. The number of fused-ring (bicyclic) bond motifs is 1. The minimum atomic E-state index is -3.65. The summed E-state index contributed by atoms with van der Waals surface area (Å²) in [6.45, 7) is 4.54. The molecule has 31 heavy (non-hydrogen) atoms. The van der Waals surface area contributed by atoms with Crippen molar-refractivity contribution in [3.63, 3.8) is 0 Å². The molecule has 0 spiro atoms. The molecular formula is C22H26N6O2S. The second-order valence-corrected chi connectivity index (χ2v) is 9.34. The van der Waals surface area contributed by atoms with Gasteiger partial charge in [0.25, 0.3) is 0 Å². The molecule has 0 aliphatic heterocycles. The summed E-state index contributed by atoms with van der Waals surface area (Å²) in [6.07, 6.45) is 11.2. The number of benzene rings is 1. The minimum Gasteiger partial charge on any atom is -0.320 e. The lowest BCUT2D eigenvalue weighted by molar-refractivity contribution is 0.466. The van der Waals surface area contributed by atoms with Crippen molar-refractivity contribution in [3.05, 3.63) is 67.1 Å². The summed E-state index contributed by atoms with van der Waals surface area (Å²) in [7, 11) is -3.65. The van der Waals surface area contributed by atoms with Crippen molar-refractivity contribution in [2.24, 2.45) is 0 Å². The van der Waals surface area contributed by atoms with Crippen molar-refractivity contribution in [3.8, 4) is 11.1 Å². The summed E-state index contributed by atoms with van der Waals surface area (Å²) in [4.78, 5) is 4.72. The van der Waals surface area contributed by atoms with E-state index in [4.69, 9.17) is 0 Å². The maximum absolute atomic E-state index is 13.2. The molecule has 0 aliphatic rings. The highest BCUT2D eigenvalue weighted by atomic mass is 32.2. The van der Waals surface area contributed by atoms with Crippen LogP contribution in [0.2, 0.25) is 0 Å². The summed E-state index contributed by atoms with van der Waals surface area (Å²) in [6, 6.07) is 9.22. The Balaban J connectivity index is 1.56. The van der Waals surface area contributed by atoms with Crippen LogP contribution in [0.1, 0.15) is 31.7 Å². The molecular weight excluding hydrogens is 412 g/mol. The third-order valence-electron chi connectivity index (χ3n) is 5.36. The first-order valence-electron chi connectivity index (χ1n) is 10.4. The number of nitrogens with zero attached hydrogens (tertiary/aromatic N) is 5. The normalized spacial score (nSPS) is 13.0. The summed E-state index contributed by atoms with van der Waals surface area (Å²) in [5.74, 6) is 0. The molecule has 0 fully saturated rings. The van der Waals surface area contributed by atoms with Gasteiger partial charge in [0.1, 0.15) is 18.3 Å². The van der Waals surface area contributed by atoms with Gasteiger partial charge in [-0.05, 0) is 55.2 Å². The molecule has 0 amide bonds. The monoisotopic (exact) mass is 438 g/mol. The molecule has 4 aromatic rings. The average Bonchev–Trinajstić information content (AvgIpc) is 3.43. The quantitative estimate of drug-likeness (QED) is 0.432. The van der Waals surface area contributed by atoms with Crippen LogP contribution in [0.25, 0.3) is 16.8 Å². The smallest absolute Gasteiger partial charge is 0.241 e. The zero-order chi connectivity index (χ0) is 21.8. The van der Waals surface area contributed by atoms with Crippen LogP contribution in [0.15, 0.2) is 66.5 Å². The molecule has 4 rings (SSSR count). The van der Waals surface area contributed by atoms with Crippen molar-refractivity contribution in [1.29, 1.82) is 0 Å². The van der Waals surface area contributed by atoms with Crippen LogP contribution in [0, 0.1) is 6.92 Å². The highest BCUT2D eigenvalue weighted by Crippen LogP contribution is 2.27. The van der Waals surface area contributed by atoms with E-state index in [1.54, 1.807) is 24.9 Å². The Hall–Kier alpha value is -3.04. The van der Waals surface area contributed by atoms with Crippen LogP contribution in [0.3, 0.4) is 0 Å². The van der Waals surface area contributed by atoms with Gasteiger partial charge in [-0.1, -0.05) is 19.4 Å². The zero-order valence-electron chi connectivity index (χ0n) is 17.6. The van der Waals surface area contributed by atoms with E-state index in [-0.39, 0.29) is 6.04 Å². The lowest BCUT2D eigenvalue weighted by atomic mass is 10.0. The van der Waals surface area contributed by atoms with Crippen molar-refractivity contribution < 1.29 is 8.42 Å². The first-order valence-corrected chi connectivity index (χ1v) is 11.8. The summed E-state index contributed by atoms with van der Waals surface area (Å²) in [5, 5.41) is 7.59.